The first kappa shape index (κ1) is 18.9. The average Bonchev–Trinajstić information content (AvgIpc) is 2.70. The van der Waals surface area contributed by atoms with Crippen LogP contribution in [-0.4, -0.2) is 23.0 Å². The monoisotopic (exact) mass is 485 g/mol. The van der Waals surface area contributed by atoms with Gasteiger partial charge in [-0.2, -0.15) is 0 Å². The maximum atomic E-state index is 12.5. The van der Waals surface area contributed by atoms with Crippen LogP contribution < -0.4 is 10.1 Å². The Hall–Kier alpha value is -2.48. The summed E-state index contributed by atoms with van der Waals surface area (Å²) in [7, 11) is 1.67. The van der Waals surface area contributed by atoms with E-state index in [9.17, 15) is 4.79 Å². The summed E-state index contributed by atoms with van der Waals surface area (Å²) in [6, 6.07) is 14.0. The molecule has 1 heterocycles. The van der Waals surface area contributed by atoms with E-state index >= 15 is 0 Å². The van der Waals surface area contributed by atoms with Gasteiger partial charge in [-0.15, -0.1) is 0 Å². The summed E-state index contributed by atoms with van der Waals surface area (Å²) < 4.78 is 6.48. The Morgan fingerprint density at radius 2 is 1.93 bits per heavy atom. The molecule has 2 aromatic carbocycles. The summed E-state index contributed by atoms with van der Waals surface area (Å²) in [4.78, 5) is 21.9. The fraction of sp³-hybridized carbons (Fsp3) is 0.227. The van der Waals surface area contributed by atoms with E-state index in [1.165, 1.54) is 5.56 Å². The van der Waals surface area contributed by atoms with Crippen LogP contribution in [0.15, 0.2) is 42.5 Å². The molecule has 142 valence electrons. The van der Waals surface area contributed by atoms with Crippen molar-refractivity contribution in [3.63, 3.8) is 0 Å². The third-order valence-corrected chi connectivity index (χ3v) is 5.60. The quantitative estimate of drug-likeness (QED) is 0.559. The highest BCUT2D eigenvalue weighted by molar-refractivity contribution is 14.1. The molecule has 6 heteroatoms. The van der Waals surface area contributed by atoms with Crippen LogP contribution in [-0.2, 0) is 24.1 Å². The largest absolute Gasteiger partial charge is 0.497 e. The summed E-state index contributed by atoms with van der Waals surface area (Å²) in [5.74, 6) is 1.32. The van der Waals surface area contributed by atoms with E-state index in [0.29, 0.717) is 12.2 Å². The normalized spacial score (nSPS) is 12.1. The van der Waals surface area contributed by atoms with Crippen LogP contribution in [0, 0.1) is 10.5 Å². The van der Waals surface area contributed by atoms with E-state index in [0.717, 1.165) is 50.4 Å². The van der Waals surface area contributed by atoms with Gasteiger partial charge in [0.1, 0.15) is 5.75 Å². The van der Waals surface area contributed by atoms with Gasteiger partial charge in [0.15, 0.2) is 5.82 Å². The van der Waals surface area contributed by atoms with Gasteiger partial charge in [-0.05, 0) is 83.8 Å². The van der Waals surface area contributed by atoms with Crippen molar-refractivity contribution < 1.29 is 9.53 Å². The number of ether oxygens (including phenoxy) is 1. The number of hydrogen-bond acceptors (Lipinski definition) is 4. The summed E-state index contributed by atoms with van der Waals surface area (Å²) in [6.07, 6.45) is 1.99. The maximum Gasteiger partial charge on any atom is 0.229 e. The Kier molecular flexibility index (Phi) is 5.30. The third-order valence-electron chi connectivity index (χ3n) is 4.88. The minimum atomic E-state index is -0.0838. The number of nitrogens with one attached hydrogen (secondary N) is 1. The molecule has 5 nitrogen and oxygen atoms in total. The SMILES string of the molecule is COc1ccc2c(c1)CCc1nc(NC(=O)Cc3ccc(I)cc3)c(C)nc1-2. The number of nitrogens with zero attached hydrogens (tertiary/aromatic N) is 2. The smallest absolute Gasteiger partial charge is 0.229 e. The number of hydrogen-bond donors (Lipinski definition) is 1. The van der Waals surface area contributed by atoms with Crippen LogP contribution in [0.5, 0.6) is 5.75 Å². The molecule has 0 aliphatic heterocycles. The number of carbonyl (C=O) groups is 1. The molecule has 0 bridgehead atoms. The lowest BCUT2D eigenvalue weighted by atomic mass is 9.91. The van der Waals surface area contributed by atoms with Gasteiger partial charge in [-0.3, -0.25) is 4.79 Å². The fourth-order valence-electron chi connectivity index (χ4n) is 3.41. The highest BCUT2D eigenvalue weighted by atomic mass is 127. The van der Waals surface area contributed by atoms with E-state index in [-0.39, 0.29) is 5.91 Å². The van der Waals surface area contributed by atoms with Crippen molar-refractivity contribution in [3.05, 3.63) is 68.5 Å². The number of benzene rings is 2. The summed E-state index contributed by atoms with van der Waals surface area (Å²) in [5, 5.41) is 2.93. The minimum Gasteiger partial charge on any atom is -0.497 e. The number of rotatable bonds is 4. The van der Waals surface area contributed by atoms with Crippen LogP contribution in [0.2, 0.25) is 0 Å². The van der Waals surface area contributed by atoms with Crippen molar-refractivity contribution >= 4 is 34.3 Å². The fourth-order valence-corrected chi connectivity index (χ4v) is 3.77. The summed E-state index contributed by atoms with van der Waals surface area (Å²) >= 11 is 2.25. The van der Waals surface area contributed by atoms with Crippen molar-refractivity contribution in [3.8, 4) is 17.0 Å². The van der Waals surface area contributed by atoms with Gasteiger partial charge in [-0.25, -0.2) is 9.97 Å². The molecule has 28 heavy (non-hydrogen) atoms. The second kappa shape index (κ2) is 7.87. The highest BCUT2D eigenvalue weighted by Crippen LogP contribution is 2.34. The van der Waals surface area contributed by atoms with Crippen LogP contribution in [0.3, 0.4) is 0 Å². The van der Waals surface area contributed by atoms with Crippen LogP contribution in [0.4, 0.5) is 5.82 Å². The van der Waals surface area contributed by atoms with Gasteiger partial charge in [0, 0.05) is 9.13 Å². The number of halogens is 1. The first-order valence-corrected chi connectivity index (χ1v) is 10.2. The maximum absolute atomic E-state index is 12.5. The zero-order valence-electron chi connectivity index (χ0n) is 15.8. The molecule has 1 amide bonds. The number of aromatic nitrogens is 2. The number of fused-ring (bicyclic) bond motifs is 3. The molecule has 0 atom stereocenters. The first-order chi connectivity index (χ1) is 13.5. The predicted octanol–water partition coefficient (Wildman–Crippen LogP) is 4.35. The van der Waals surface area contributed by atoms with Crippen molar-refractivity contribution in [1.29, 1.82) is 0 Å². The molecule has 0 spiro atoms. The van der Waals surface area contributed by atoms with E-state index in [1.54, 1.807) is 7.11 Å². The molecular formula is C22H20IN3O2. The lowest BCUT2D eigenvalue weighted by molar-refractivity contribution is -0.115. The molecule has 0 radical (unpaired) electrons. The Bertz CT molecular complexity index is 1050. The lowest BCUT2D eigenvalue weighted by Gasteiger charge is -2.20. The second-order valence-electron chi connectivity index (χ2n) is 6.83. The molecule has 1 N–H and O–H groups in total. The standard InChI is InChI=1S/C22H20IN3O2/c1-13-22(26-20(27)11-14-3-6-16(23)7-4-14)25-19-10-5-15-12-17(28-2)8-9-18(15)21(19)24-13/h3-4,6-9,12H,5,10-11H2,1-2H3,(H,25,26,27). The molecule has 1 aliphatic carbocycles. The molecule has 0 fully saturated rings. The van der Waals surface area contributed by atoms with Crippen molar-refractivity contribution in [2.75, 3.05) is 12.4 Å². The van der Waals surface area contributed by atoms with Gasteiger partial charge >= 0.3 is 0 Å². The zero-order valence-corrected chi connectivity index (χ0v) is 17.9. The van der Waals surface area contributed by atoms with Crippen molar-refractivity contribution in [2.24, 2.45) is 0 Å². The number of amides is 1. The predicted molar refractivity (Wildman–Crippen MR) is 118 cm³/mol. The third kappa shape index (κ3) is 3.87. The molecule has 1 aromatic heterocycles. The van der Waals surface area contributed by atoms with Gasteiger partial charge in [0.2, 0.25) is 5.91 Å². The zero-order chi connectivity index (χ0) is 19.7. The van der Waals surface area contributed by atoms with E-state index in [1.807, 2.05) is 43.3 Å². The first-order valence-electron chi connectivity index (χ1n) is 9.12. The van der Waals surface area contributed by atoms with E-state index < -0.39 is 0 Å². The minimum absolute atomic E-state index is 0.0838. The summed E-state index contributed by atoms with van der Waals surface area (Å²) in [6.45, 7) is 1.88. The Morgan fingerprint density at radius 1 is 1.14 bits per heavy atom. The van der Waals surface area contributed by atoms with E-state index in [4.69, 9.17) is 14.7 Å². The van der Waals surface area contributed by atoms with Gasteiger partial charge in [-0.1, -0.05) is 12.1 Å². The van der Waals surface area contributed by atoms with Crippen molar-refractivity contribution in [2.45, 2.75) is 26.2 Å². The average molecular weight is 485 g/mol. The van der Waals surface area contributed by atoms with E-state index in [2.05, 4.69) is 34.0 Å². The molecular weight excluding hydrogens is 465 g/mol. The summed E-state index contributed by atoms with van der Waals surface area (Å²) in [5.41, 5.74) is 5.83. The number of methoxy groups -OCH3 is 1. The molecule has 1 aliphatic rings. The van der Waals surface area contributed by atoms with Crippen LogP contribution in [0.1, 0.15) is 22.5 Å². The highest BCUT2D eigenvalue weighted by Gasteiger charge is 2.21. The van der Waals surface area contributed by atoms with Crippen molar-refractivity contribution in [1.82, 2.24) is 9.97 Å². The Morgan fingerprint density at radius 3 is 2.68 bits per heavy atom. The van der Waals surface area contributed by atoms with Crippen LogP contribution >= 0.6 is 22.6 Å². The number of aryl methyl sites for hydroxylation is 3. The lowest BCUT2D eigenvalue weighted by Crippen LogP contribution is -2.19. The second-order valence-corrected chi connectivity index (χ2v) is 8.07. The van der Waals surface area contributed by atoms with Gasteiger partial charge < -0.3 is 10.1 Å². The Labute approximate surface area is 177 Å². The Balaban J connectivity index is 1.57. The van der Waals surface area contributed by atoms with Gasteiger partial charge in [0.25, 0.3) is 0 Å². The van der Waals surface area contributed by atoms with Crippen LogP contribution in [0.25, 0.3) is 11.3 Å². The molecule has 0 unspecified atom stereocenters. The van der Waals surface area contributed by atoms with Gasteiger partial charge in [0.05, 0.1) is 30.6 Å². The topological polar surface area (TPSA) is 64.1 Å². The molecule has 4 rings (SSSR count). The number of carbonyl (C=O) groups excluding carboxylic acids is 1. The molecule has 3 aromatic rings. The molecule has 0 saturated heterocycles. The number of anilines is 1. The molecule has 0 saturated carbocycles.